The standard InChI is InChI=1S/C13H14N2O2/c1-2-14-9-10-5-3-4-6-11(10)15-12(16)7-8-13(15)17/h3-8,14H,2,9H2,1H3. The van der Waals surface area contributed by atoms with E-state index in [4.69, 9.17) is 0 Å². The van der Waals surface area contributed by atoms with Gasteiger partial charge in [0.15, 0.2) is 0 Å². The highest BCUT2D eigenvalue weighted by molar-refractivity contribution is 6.28. The van der Waals surface area contributed by atoms with E-state index in [1.807, 2.05) is 25.1 Å². The first-order valence-electron chi connectivity index (χ1n) is 5.58. The molecule has 0 radical (unpaired) electrons. The molecular weight excluding hydrogens is 216 g/mol. The predicted molar refractivity (Wildman–Crippen MR) is 65.5 cm³/mol. The molecule has 0 bridgehead atoms. The average molecular weight is 230 g/mol. The molecule has 2 amide bonds. The molecule has 0 spiro atoms. The van der Waals surface area contributed by atoms with Gasteiger partial charge < -0.3 is 5.32 Å². The molecule has 1 aliphatic heterocycles. The summed E-state index contributed by atoms with van der Waals surface area (Å²) < 4.78 is 0. The third kappa shape index (κ3) is 2.26. The van der Waals surface area contributed by atoms with Gasteiger partial charge in [-0.15, -0.1) is 0 Å². The largest absolute Gasteiger partial charge is 0.313 e. The number of anilines is 1. The average Bonchev–Trinajstić information content (AvgIpc) is 2.67. The van der Waals surface area contributed by atoms with Crippen molar-refractivity contribution in [2.45, 2.75) is 13.5 Å². The van der Waals surface area contributed by atoms with E-state index in [1.54, 1.807) is 6.07 Å². The van der Waals surface area contributed by atoms with E-state index in [-0.39, 0.29) is 11.8 Å². The lowest BCUT2D eigenvalue weighted by Crippen LogP contribution is -2.31. The Kier molecular flexibility index (Phi) is 3.35. The van der Waals surface area contributed by atoms with Gasteiger partial charge in [0.1, 0.15) is 0 Å². The topological polar surface area (TPSA) is 49.4 Å². The number of carbonyl (C=O) groups excluding carboxylic acids is 2. The van der Waals surface area contributed by atoms with Gasteiger partial charge in [-0.05, 0) is 18.2 Å². The van der Waals surface area contributed by atoms with Crippen molar-refractivity contribution in [3.63, 3.8) is 0 Å². The van der Waals surface area contributed by atoms with Crippen molar-refractivity contribution in [2.24, 2.45) is 0 Å². The first-order chi connectivity index (χ1) is 8.24. The zero-order chi connectivity index (χ0) is 12.3. The van der Waals surface area contributed by atoms with Gasteiger partial charge in [-0.3, -0.25) is 9.59 Å². The molecule has 0 saturated heterocycles. The van der Waals surface area contributed by atoms with Crippen LogP contribution in [0.1, 0.15) is 12.5 Å². The van der Waals surface area contributed by atoms with Crippen LogP contribution in [0.15, 0.2) is 36.4 Å². The Morgan fingerprint density at radius 3 is 2.41 bits per heavy atom. The fourth-order valence-electron chi connectivity index (χ4n) is 1.78. The molecule has 1 heterocycles. The van der Waals surface area contributed by atoms with Gasteiger partial charge in [0.25, 0.3) is 11.8 Å². The van der Waals surface area contributed by atoms with Gasteiger partial charge in [0, 0.05) is 18.7 Å². The summed E-state index contributed by atoms with van der Waals surface area (Å²) in [6, 6.07) is 7.42. The maximum atomic E-state index is 11.6. The molecule has 88 valence electrons. The van der Waals surface area contributed by atoms with Crippen molar-refractivity contribution >= 4 is 17.5 Å². The Labute approximate surface area is 99.9 Å². The van der Waals surface area contributed by atoms with Crippen molar-refractivity contribution in [3.8, 4) is 0 Å². The van der Waals surface area contributed by atoms with Crippen LogP contribution in [0.4, 0.5) is 5.69 Å². The van der Waals surface area contributed by atoms with Crippen LogP contribution in [0.2, 0.25) is 0 Å². The minimum Gasteiger partial charge on any atom is -0.313 e. The van der Waals surface area contributed by atoms with E-state index in [1.165, 1.54) is 17.1 Å². The third-order valence-electron chi connectivity index (χ3n) is 2.61. The molecule has 1 aliphatic rings. The van der Waals surface area contributed by atoms with E-state index in [2.05, 4.69) is 5.32 Å². The van der Waals surface area contributed by atoms with Gasteiger partial charge in [-0.25, -0.2) is 4.90 Å². The monoisotopic (exact) mass is 230 g/mol. The number of benzene rings is 1. The SMILES string of the molecule is CCNCc1ccccc1N1C(=O)C=CC1=O. The molecule has 0 aromatic heterocycles. The van der Waals surface area contributed by atoms with Crippen LogP contribution in [0.5, 0.6) is 0 Å². The van der Waals surface area contributed by atoms with Crippen molar-refractivity contribution < 1.29 is 9.59 Å². The van der Waals surface area contributed by atoms with Crippen LogP contribution < -0.4 is 10.2 Å². The second kappa shape index (κ2) is 4.93. The lowest BCUT2D eigenvalue weighted by molar-refractivity contribution is -0.119. The quantitative estimate of drug-likeness (QED) is 0.791. The fourth-order valence-corrected chi connectivity index (χ4v) is 1.78. The second-order valence-electron chi connectivity index (χ2n) is 3.75. The number of rotatable bonds is 4. The highest BCUT2D eigenvalue weighted by atomic mass is 16.2. The molecular formula is C13H14N2O2. The van der Waals surface area contributed by atoms with Crippen molar-refractivity contribution in [1.82, 2.24) is 5.32 Å². The summed E-state index contributed by atoms with van der Waals surface area (Å²) in [6.45, 7) is 3.49. The summed E-state index contributed by atoms with van der Waals surface area (Å²) in [6.07, 6.45) is 2.60. The smallest absolute Gasteiger partial charge is 0.258 e. The first-order valence-corrected chi connectivity index (χ1v) is 5.58. The maximum absolute atomic E-state index is 11.6. The molecule has 17 heavy (non-hydrogen) atoms. The van der Waals surface area contributed by atoms with Crippen LogP contribution in [-0.4, -0.2) is 18.4 Å². The van der Waals surface area contributed by atoms with Crippen molar-refractivity contribution in [3.05, 3.63) is 42.0 Å². The number of hydrogen-bond acceptors (Lipinski definition) is 3. The molecule has 0 atom stereocenters. The summed E-state index contributed by atoms with van der Waals surface area (Å²) in [5.41, 5.74) is 1.60. The molecule has 1 N–H and O–H groups in total. The third-order valence-corrected chi connectivity index (χ3v) is 2.61. The normalized spacial score (nSPS) is 14.8. The molecule has 2 rings (SSSR count). The molecule has 4 nitrogen and oxygen atoms in total. The van der Waals surface area contributed by atoms with Crippen molar-refractivity contribution in [2.75, 3.05) is 11.4 Å². The van der Waals surface area contributed by atoms with Gasteiger partial charge in [-0.1, -0.05) is 25.1 Å². The zero-order valence-corrected chi connectivity index (χ0v) is 9.64. The molecule has 1 aromatic rings. The summed E-state index contributed by atoms with van der Waals surface area (Å²) in [7, 11) is 0. The summed E-state index contributed by atoms with van der Waals surface area (Å²) in [5.74, 6) is -0.558. The Hall–Kier alpha value is -1.94. The van der Waals surface area contributed by atoms with E-state index in [0.717, 1.165) is 12.1 Å². The van der Waals surface area contributed by atoms with Gasteiger partial charge in [-0.2, -0.15) is 0 Å². The lowest BCUT2D eigenvalue weighted by Gasteiger charge is -2.18. The Bertz CT molecular complexity index is 462. The van der Waals surface area contributed by atoms with Gasteiger partial charge in [0.05, 0.1) is 5.69 Å². The summed E-state index contributed by atoms with van der Waals surface area (Å²) in [4.78, 5) is 24.4. The number of carbonyl (C=O) groups is 2. The lowest BCUT2D eigenvalue weighted by atomic mass is 10.1. The molecule has 0 fully saturated rings. The number of imide groups is 1. The highest BCUT2D eigenvalue weighted by Crippen LogP contribution is 2.23. The Morgan fingerprint density at radius 2 is 1.76 bits per heavy atom. The maximum Gasteiger partial charge on any atom is 0.258 e. The molecule has 0 saturated carbocycles. The van der Waals surface area contributed by atoms with Crippen LogP contribution in [-0.2, 0) is 16.1 Å². The Balaban J connectivity index is 2.31. The Morgan fingerprint density at radius 1 is 1.12 bits per heavy atom. The van der Waals surface area contributed by atoms with Crippen LogP contribution in [0, 0.1) is 0 Å². The van der Waals surface area contributed by atoms with E-state index in [0.29, 0.717) is 12.2 Å². The van der Waals surface area contributed by atoms with Gasteiger partial charge in [0.2, 0.25) is 0 Å². The number of nitrogens with zero attached hydrogens (tertiary/aromatic N) is 1. The van der Waals surface area contributed by atoms with E-state index < -0.39 is 0 Å². The number of amides is 2. The molecule has 0 unspecified atom stereocenters. The second-order valence-corrected chi connectivity index (χ2v) is 3.75. The minimum atomic E-state index is -0.279. The molecule has 1 aromatic carbocycles. The van der Waals surface area contributed by atoms with E-state index >= 15 is 0 Å². The van der Waals surface area contributed by atoms with Crippen LogP contribution in [0.3, 0.4) is 0 Å². The van der Waals surface area contributed by atoms with Crippen molar-refractivity contribution in [1.29, 1.82) is 0 Å². The van der Waals surface area contributed by atoms with Crippen LogP contribution >= 0.6 is 0 Å². The summed E-state index contributed by atoms with van der Waals surface area (Å²) >= 11 is 0. The number of nitrogens with one attached hydrogen (secondary N) is 1. The predicted octanol–water partition coefficient (Wildman–Crippen LogP) is 1.23. The highest BCUT2D eigenvalue weighted by Gasteiger charge is 2.26. The van der Waals surface area contributed by atoms with E-state index in [9.17, 15) is 9.59 Å². The molecule has 4 heteroatoms. The number of hydrogen-bond donors (Lipinski definition) is 1. The van der Waals surface area contributed by atoms with Gasteiger partial charge >= 0.3 is 0 Å². The zero-order valence-electron chi connectivity index (χ0n) is 9.64. The summed E-state index contributed by atoms with van der Waals surface area (Å²) in [5, 5.41) is 3.19. The minimum absolute atomic E-state index is 0.279. The molecule has 0 aliphatic carbocycles. The van der Waals surface area contributed by atoms with Crippen LogP contribution in [0.25, 0.3) is 0 Å². The fraction of sp³-hybridized carbons (Fsp3) is 0.231. The number of para-hydroxylation sites is 1. The first kappa shape index (κ1) is 11.5.